The van der Waals surface area contributed by atoms with E-state index >= 15 is 0 Å². The number of nitrogens with zero attached hydrogens (tertiary/aromatic N) is 3. The smallest absolute Gasteiger partial charge is 0.332 e. The van der Waals surface area contributed by atoms with E-state index in [0.717, 1.165) is 10.1 Å². The maximum Gasteiger partial charge on any atom is 0.332 e. The fraction of sp³-hybridized carbons (Fsp3) is 0.133. The van der Waals surface area contributed by atoms with Crippen LogP contribution in [0.15, 0.2) is 46.0 Å². The number of rotatable bonds is 1. The summed E-state index contributed by atoms with van der Waals surface area (Å²) in [6.45, 7) is 0. The summed E-state index contributed by atoms with van der Waals surface area (Å²) in [4.78, 5) is 28.6. The van der Waals surface area contributed by atoms with Gasteiger partial charge in [0.05, 0.1) is 16.8 Å². The Morgan fingerprint density at radius 2 is 1.71 bits per heavy atom. The van der Waals surface area contributed by atoms with E-state index in [1.54, 1.807) is 13.1 Å². The molecule has 106 valence electrons. The number of nitrogen functional groups attached to an aromatic ring is 1. The minimum atomic E-state index is -0.413. The number of benzene rings is 1. The Morgan fingerprint density at radius 1 is 1.05 bits per heavy atom. The quantitative estimate of drug-likeness (QED) is 0.718. The number of pyridine rings is 1. The SMILES string of the molecule is Cn1c(=O)c2cc(N)c(-c3ccccc3)nc2n(C)c1=O. The minimum Gasteiger partial charge on any atom is -0.397 e. The highest BCUT2D eigenvalue weighted by molar-refractivity contribution is 5.85. The number of aromatic nitrogens is 3. The predicted molar refractivity (Wildman–Crippen MR) is 82.1 cm³/mol. The molecule has 6 heteroatoms. The maximum absolute atomic E-state index is 12.2. The molecule has 2 aromatic heterocycles. The molecular weight excluding hydrogens is 268 g/mol. The van der Waals surface area contributed by atoms with Gasteiger partial charge in [-0.2, -0.15) is 0 Å². The zero-order valence-electron chi connectivity index (χ0n) is 11.7. The molecule has 0 atom stereocenters. The largest absolute Gasteiger partial charge is 0.397 e. The molecule has 0 aliphatic heterocycles. The van der Waals surface area contributed by atoms with Crippen molar-refractivity contribution in [2.75, 3.05) is 5.73 Å². The number of hydrogen-bond donors (Lipinski definition) is 1. The van der Waals surface area contributed by atoms with E-state index in [2.05, 4.69) is 4.98 Å². The fourth-order valence-corrected chi connectivity index (χ4v) is 2.34. The van der Waals surface area contributed by atoms with Crippen LogP contribution in [0.1, 0.15) is 0 Å². The second-order valence-corrected chi connectivity index (χ2v) is 4.87. The summed E-state index contributed by atoms with van der Waals surface area (Å²) in [7, 11) is 3.02. The molecule has 0 aliphatic rings. The number of hydrogen-bond acceptors (Lipinski definition) is 4. The molecule has 0 fully saturated rings. The maximum atomic E-state index is 12.2. The third-order valence-electron chi connectivity index (χ3n) is 3.51. The molecule has 3 rings (SSSR count). The first kappa shape index (κ1) is 13.1. The van der Waals surface area contributed by atoms with Crippen LogP contribution in [-0.2, 0) is 14.1 Å². The van der Waals surface area contributed by atoms with Crippen molar-refractivity contribution >= 4 is 16.7 Å². The van der Waals surface area contributed by atoms with Crippen LogP contribution in [0.2, 0.25) is 0 Å². The van der Waals surface area contributed by atoms with Crippen LogP contribution in [0, 0.1) is 0 Å². The molecule has 3 aromatic rings. The molecule has 0 saturated carbocycles. The minimum absolute atomic E-state index is 0.330. The van der Waals surface area contributed by atoms with Crippen molar-refractivity contribution in [1.29, 1.82) is 0 Å². The third kappa shape index (κ3) is 1.92. The standard InChI is InChI=1S/C15H14N4O2/c1-18-13-10(14(20)19(2)15(18)21)8-11(16)12(17-13)9-6-4-3-5-7-9/h3-8H,16H2,1-2H3. The lowest BCUT2D eigenvalue weighted by Crippen LogP contribution is -2.37. The summed E-state index contributed by atoms with van der Waals surface area (Å²) >= 11 is 0. The summed E-state index contributed by atoms with van der Waals surface area (Å²) in [6.07, 6.45) is 0. The first-order valence-corrected chi connectivity index (χ1v) is 6.42. The van der Waals surface area contributed by atoms with Gasteiger partial charge in [0.25, 0.3) is 5.56 Å². The van der Waals surface area contributed by atoms with Crippen LogP contribution in [0.25, 0.3) is 22.3 Å². The van der Waals surface area contributed by atoms with Crippen molar-refractivity contribution in [3.8, 4) is 11.3 Å². The van der Waals surface area contributed by atoms with Crippen LogP contribution < -0.4 is 17.0 Å². The van der Waals surface area contributed by atoms with Gasteiger partial charge >= 0.3 is 5.69 Å². The van der Waals surface area contributed by atoms with Gasteiger partial charge in [-0.3, -0.25) is 13.9 Å². The first-order chi connectivity index (χ1) is 10.0. The zero-order chi connectivity index (χ0) is 15.1. The lowest BCUT2D eigenvalue weighted by atomic mass is 10.1. The van der Waals surface area contributed by atoms with Gasteiger partial charge in [-0.25, -0.2) is 9.78 Å². The summed E-state index contributed by atoms with van der Waals surface area (Å²) in [5, 5.41) is 0.330. The Bertz CT molecular complexity index is 955. The Kier molecular flexibility index (Phi) is 2.86. The topological polar surface area (TPSA) is 82.9 Å². The van der Waals surface area contributed by atoms with Crippen molar-refractivity contribution in [2.24, 2.45) is 14.1 Å². The molecular formula is C15H14N4O2. The lowest BCUT2D eigenvalue weighted by molar-refractivity contribution is 0.708. The number of fused-ring (bicyclic) bond motifs is 1. The van der Waals surface area contributed by atoms with E-state index in [1.165, 1.54) is 11.6 Å². The van der Waals surface area contributed by atoms with E-state index in [-0.39, 0.29) is 0 Å². The van der Waals surface area contributed by atoms with Gasteiger partial charge in [0.15, 0.2) is 0 Å². The number of aryl methyl sites for hydroxylation is 1. The molecule has 2 N–H and O–H groups in total. The summed E-state index contributed by atoms with van der Waals surface area (Å²) in [5.74, 6) is 0. The molecule has 0 aliphatic carbocycles. The molecule has 2 heterocycles. The highest BCUT2D eigenvalue weighted by atomic mass is 16.2. The van der Waals surface area contributed by atoms with Gasteiger partial charge in [0.1, 0.15) is 5.65 Å². The van der Waals surface area contributed by atoms with Crippen LogP contribution >= 0.6 is 0 Å². The van der Waals surface area contributed by atoms with Crippen LogP contribution in [0.4, 0.5) is 5.69 Å². The molecule has 0 bridgehead atoms. The van der Waals surface area contributed by atoms with Gasteiger partial charge in [-0.1, -0.05) is 30.3 Å². The molecule has 0 radical (unpaired) electrons. The average Bonchev–Trinajstić information content (AvgIpc) is 2.51. The third-order valence-corrected chi connectivity index (χ3v) is 3.51. The van der Waals surface area contributed by atoms with Crippen LogP contribution in [-0.4, -0.2) is 14.1 Å². The van der Waals surface area contributed by atoms with Crippen molar-refractivity contribution in [1.82, 2.24) is 14.1 Å². The monoisotopic (exact) mass is 282 g/mol. The van der Waals surface area contributed by atoms with Gasteiger partial charge in [0, 0.05) is 19.7 Å². The Hall–Kier alpha value is -2.89. The fourth-order valence-electron chi connectivity index (χ4n) is 2.34. The van der Waals surface area contributed by atoms with Crippen LogP contribution in [0.3, 0.4) is 0 Å². The first-order valence-electron chi connectivity index (χ1n) is 6.42. The van der Waals surface area contributed by atoms with Crippen molar-refractivity contribution < 1.29 is 0 Å². The van der Waals surface area contributed by atoms with E-state index in [1.807, 2.05) is 30.3 Å². The molecule has 6 nitrogen and oxygen atoms in total. The van der Waals surface area contributed by atoms with Crippen molar-refractivity contribution in [3.05, 3.63) is 57.2 Å². The van der Waals surface area contributed by atoms with Gasteiger partial charge in [-0.05, 0) is 6.07 Å². The highest BCUT2D eigenvalue weighted by Gasteiger charge is 2.13. The highest BCUT2D eigenvalue weighted by Crippen LogP contribution is 2.25. The molecule has 0 spiro atoms. The summed E-state index contributed by atoms with van der Waals surface area (Å²) in [6, 6.07) is 11.0. The van der Waals surface area contributed by atoms with E-state index in [9.17, 15) is 9.59 Å². The normalized spacial score (nSPS) is 11.0. The molecule has 0 amide bonds. The lowest BCUT2D eigenvalue weighted by Gasteiger charge is -2.10. The van der Waals surface area contributed by atoms with E-state index in [4.69, 9.17) is 5.73 Å². The average molecular weight is 282 g/mol. The second kappa shape index (κ2) is 4.59. The Labute approximate surface area is 120 Å². The molecule has 21 heavy (non-hydrogen) atoms. The Balaban J connectivity index is 2.45. The van der Waals surface area contributed by atoms with Crippen molar-refractivity contribution in [3.63, 3.8) is 0 Å². The van der Waals surface area contributed by atoms with Gasteiger partial charge in [-0.15, -0.1) is 0 Å². The summed E-state index contributed by atoms with van der Waals surface area (Å²) in [5.41, 5.74) is 7.35. The van der Waals surface area contributed by atoms with Crippen LogP contribution in [0.5, 0.6) is 0 Å². The van der Waals surface area contributed by atoms with Gasteiger partial charge < -0.3 is 5.73 Å². The van der Waals surface area contributed by atoms with Gasteiger partial charge in [0.2, 0.25) is 0 Å². The number of nitrogens with two attached hydrogens (primary N) is 1. The second-order valence-electron chi connectivity index (χ2n) is 4.87. The molecule has 0 unspecified atom stereocenters. The predicted octanol–water partition coefficient (Wildman–Crippen LogP) is 0.881. The molecule has 0 saturated heterocycles. The molecule has 1 aromatic carbocycles. The Morgan fingerprint density at radius 3 is 2.38 bits per heavy atom. The summed E-state index contributed by atoms with van der Waals surface area (Å²) < 4.78 is 2.40. The van der Waals surface area contributed by atoms with Crippen molar-refractivity contribution in [2.45, 2.75) is 0 Å². The van der Waals surface area contributed by atoms with E-state index < -0.39 is 11.2 Å². The number of anilines is 1. The van der Waals surface area contributed by atoms with E-state index in [0.29, 0.717) is 22.4 Å². The zero-order valence-corrected chi connectivity index (χ0v) is 11.7.